The van der Waals surface area contributed by atoms with E-state index in [1.165, 1.54) is 18.2 Å². The molecule has 0 bridgehead atoms. The molecule has 0 fully saturated rings. The Bertz CT molecular complexity index is 1160. The van der Waals surface area contributed by atoms with Gasteiger partial charge in [0.15, 0.2) is 0 Å². The van der Waals surface area contributed by atoms with Crippen molar-refractivity contribution in [2.75, 3.05) is 12.0 Å². The zero-order chi connectivity index (χ0) is 22.6. The van der Waals surface area contributed by atoms with Crippen molar-refractivity contribution in [3.05, 3.63) is 128 Å². The van der Waals surface area contributed by atoms with Gasteiger partial charge in [0.05, 0.1) is 0 Å². The summed E-state index contributed by atoms with van der Waals surface area (Å²) in [5.41, 5.74) is 0.451. The van der Waals surface area contributed by atoms with Crippen molar-refractivity contribution in [3.8, 4) is 0 Å². The van der Waals surface area contributed by atoms with Crippen LogP contribution >= 0.6 is 23.6 Å². The fraction of sp³-hybridized carbons (Fsp3) is 0.0357. The van der Waals surface area contributed by atoms with Crippen molar-refractivity contribution in [1.82, 2.24) is 0 Å². The van der Waals surface area contributed by atoms with Crippen LogP contribution in [-0.2, 0) is 4.79 Å². The quantitative estimate of drug-likeness (QED) is 0.270. The molecule has 0 atom stereocenters. The van der Waals surface area contributed by atoms with E-state index in [4.69, 9.17) is 0 Å². The number of carbonyl (C=O) groups is 1. The maximum absolute atomic E-state index is 14.5. The molecule has 1 amide bonds. The molecule has 0 radical (unpaired) electrons. The first-order valence-electron chi connectivity index (χ1n) is 10.4. The van der Waals surface area contributed by atoms with Crippen molar-refractivity contribution in [1.29, 1.82) is 0 Å². The van der Waals surface area contributed by atoms with Gasteiger partial charge in [-0.05, 0) is 0 Å². The number of nitrogens with one attached hydrogen (secondary N) is 1. The number of hydrogen-bond acceptors (Lipinski definition) is 1. The molecule has 0 aliphatic carbocycles. The summed E-state index contributed by atoms with van der Waals surface area (Å²) in [6, 6.07) is 35.6. The molecule has 1 N–H and O–H groups in total. The Morgan fingerprint density at radius 3 is 1.61 bits per heavy atom. The second-order valence-electron chi connectivity index (χ2n) is 7.93. The fourth-order valence-corrected chi connectivity index (χ4v) is 10.2. The first-order chi connectivity index (χ1) is 15.5. The third-order valence-electron chi connectivity index (χ3n) is 6.21. The van der Waals surface area contributed by atoms with Crippen molar-refractivity contribution < 1.29 is 9.18 Å². The van der Waals surface area contributed by atoms with E-state index >= 15 is 0 Å². The summed E-state index contributed by atoms with van der Waals surface area (Å²) >= 11 is 0. The molecule has 4 aromatic rings. The van der Waals surface area contributed by atoms with E-state index in [1.54, 1.807) is 0 Å². The van der Waals surface area contributed by atoms with Gasteiger partial charge < -0.3 is 0 Å². The molecule has 0 saturated carbocycles. The Morgan fingerprint density at radius 2 is 1.21 bits per heavy atom. The topological polar surface area (TPSA) is 29.1 Å². The molecule has 0 unspecified atom stereocenters. The van der Waals surface area contributed by atoms with Gasteiger partial charge in [0.25, 0.3) is 0 Å². The number of anilines is 1. The van der Waals surface area contributed by atoms with Crippen molar-refractivity contribution in [2.45, 2.75) is 0 Å². The minimum atomic E-state index is -3.39. The van der Waals surface area contributed by atoms with Crippen LogP contribution in [0.2, 0.25) is 0 Å². The third-order valence-corrected chi connectivity index (χ3v) is 12.6. The Hall–Kier alpha value is -3.07. The molecule has 4 aromatic carbocycles. The second kappa shape index (κ2) is 9.82. The van der Waals surface area contributed by atoms with Crippen LogP contribution in [0.5, 0.6) is 0 Å². The summed E-state index contributed by atoms with van der Waals surface area (Å²) in [7, 11) is 0. The molecular formula is C28H26BrFNOP. The normalized spacial score (nSPS) is 12.0. The summed E-state index contributed by atoms with van der Waals surface area (Å²) < 4.78 is 14.5. The summed E-state index contributed by atoms with van der Waals surface area (Å²) in [5.74, 6) is -0.788. The van der Waals surface area contributed by atoms with Gasteiger partial charge >= 0.3 is 188 Å². The maximum atomic E-state index is 14.5. The van der Waals surface area contributed by atoms with E-state index in [9.17, 15) is 9.18 Å². The van der Waals surface area contributed by atoms with Crippen LogP contribution in [0.1, 0.15) is 0 Å². The van der Waals surface area contributed by atoms with Gasteiger partial charge in [-0.15, -0.1) is 17.0 Å². The number of benzene rings is 4. The van der Waals surface area contributed by atoms with Gasteiger partial charge in [-0.25, -0.2) is 0 Å². The molecule has 0 aliphatic heterocycles. The molecule has 5 heteroatoms. The molecule has 0 aliphatic rings. The van der Waals surface area contributed by atoms with Gasteiger partial charge in [0.1, 0.15) is 0 Å². The van der Waals surface area contributed by atoms with Crippen LogP contribution in [0.25, 0.3) is 0 Å². The Morgan fingerprint density at radius 1 is 0.788 bits per heavy atom. The molecular weight excluding hydrogens is 496 g/mol. The van der Waals surface area contributed by atoms with Gasteiger partial charge in [-0.2, -0.15) is 0 Å². The first kappa shape index (κ1) is 24.6. The van der Waals surface area contributed by atoms with Crippen LogP contribution in [0.4, 0.5) is 10.1 Å². The standard InChI is InChI=1S/C28H25FNOP.BrH/c1-3-28(31)30-26-21-22(29)19-20-27(26)32(2,23-13-7-4-8-14-23,24-15-9-5-10-16-24)25-17-11-6-12-18-25;/h3-21H,1H2,2H3,(H,30,31);1H. The van der Waals surface area contributed by atoms with Crippen molar-refractivity contribution in [3.63, 3.8) is 0 Å². The first-order valence-corrected chi connectivity index (χ1v) is 13.1. The molecule has 0 spiro atoms. The van der Waals surface area contributed by atoms with E-state index in [0.717, 1.165) is 21.2 Å². The second-order valence-corrected chi connectivity index (χ2v) is 13.1. The van der Waals surface area contributed by atoms with Crippen LogP contribution in [0.3, 0.4) is 0 Å². The van der Waals surface area contributed by atoms with Crippen molar-refractivity contribution in [2.24, 2.45) is 0 Å². The summed E-state index contributed by atoms with van der Waals surface area (Å²) in [4.78, 5) is 12.3. The summed E-state index contributed by atoms with van der Waals surface area (Å²) in [6.45, 7) is 2.44. The van der Waals surface area contributed by atoms with Crippen LogP contribution < -0.4 is 26.5 Å². The molecule has 0 saturated heterocycles. The van der Waals surface area contributed by atoms with E-state index in [-0.39, 0.29) is 22.9 Å². The average Bonchev–Trinajstić information content (AvgIpc) is 2.85. The molecule has 33 heavy (non-hydrogen) atoms. The van der Waals surface area contributed by atoms with E-state index in [1.807, 2.05) is 60.7 Å². The molecule has 0 heterocycles. The van der Waals surface area contributed by atoms with E-state index < -0.39 is 12.4 Å². The number of amides is 1. The number of halogens is 2. The Kier molecular flexibility index (Phi) is 7.31. The molecule has 4 rings (SSSR count). The number of hydrogen-bond donors (Lipinski definition) is 1. The molecule has 2 nitrogen and oxygen atoms in total. The minimum absolute atomic E-state index is 0. The average molecular weight is 522 g/mol. The van der Waals surface area contributed by atoms with Crippen LogP contribution in [-0.4, -0.2) is 12.6 Å². The van der Waals surface area contributed by atoms with E-state index in [2.05, 4.69) is 55.0 Å². The van der Waals surface area contributed by atoms with Gasteiger partial charge in [-0.1, -0.05) is 0 Å². The Balaban J connectivity index is 0.00000306. The van der Waals surface area contributed by atoms with Gasteiger partial charge in [0.2, 0.25) is 0 Å². The SMILES string of the molecule is Br.C=CC(=O)Nc1cc(F)ccc1P(C)(c1ccccc1)(c1ccccc1)c1ccccc1. The van der Waals surface area contributed by atoms with Crippen LogP contribution in [0, 0.1) is 5.82 Å². The predicted molar refractivity (Wildman–Crippen MR) is 146 cm³/mol. The predicted octanol–water partition coefficient (Wildman–Crippen LogP) is 5.31. The summed E-state index contributed by atoms with van der Waals surface area (Å²) in [5, 5.41) is 7.13. The van der Waals surface area contributed by atoms with Gasteiger partial charge in [0, 0.05) is 0 Å². The summed E-state index contributed by atoms with van der Waals surface area (Å²) in [6.07, 6.45) is 1.20. The molecule has 0 aromatic heterocycles. The van der Waals surface area contributed by atoms with Crippen molar-refractivity contribution >= 4 is 56.4 Å². The monoisotopic (exact) mass is 521 g/mol. The fourth-order valence-electron chi connectivity index (χ4n) is 4.55. The van der Waals surface area contributed by atoms with E-state index in [0.29, 0.717) is 5.69 Å². The van der Waals surface area contributed by atoms with Gasteiger partial charge in [-0.3, -0.25) is 0 Å². The number of carbonyl (C=O) groups excluding carboxylic acids is 1. The number of rotatable bonds is 6. The third kappa shape index (κ3) is 4.06. The molecule has 168 valence electrons. The van der Waals surface area contributed by atoms with Crippen LogP contribution in [0.15, 0.2) is 122 Å². The zero-order valence-corrected chi connectivity index (χ0v) is 20.9. The Labute approximate surface area is 204 Å². The zero-order valence-electron chi connectivity index (χ0n) is 18.3.